The summed E-state index contributed by atoms with van der Waals surface area (Å²) >= 11 is 0. The van der Waals surface area contributed by atoms with E-state index in [-0.39, 0.29) is 11.0 Å². The van der Waals surface area contributed by atoms with E-state index in [0.29, 0.717) is 5.82 Å². The van der Waals surface area contributed by atoms with E-state index in [4.69, 9.17) is 0 Å². The third-order valence-electron chi connectivity index (χ3n) is 1.80. The van der Waals surface area contributed by atoms with Crippen molar-refractivity contribution >= 4 is 0 Å². The zero-order valence-electron chi connectivity index (χ0n) is 9.27. The van der Waals surface area contributed by atoms with Crippen LogP contribution in [0.25, 0.3) is 0 Å². The lowest BCUT2D eigenvalue weighted by Gasteiger charge is -2.25. The molecule has 0 bridgehead atoms. The zero-order valence-corrected chi connectivity index (χ0v) is 9.27. The van der Waals surface area contributed by atoms with Crippen molar-refractivity contribution in [1.29, 1.82) is 0 Å². The van der Waals surface area contributed by atoms with Crippen molar-refractivity contribution in [1.82, 2.24) is 14.9 Å². The minimum atomic E-state index is -0.197. The van der Waals surface area contributed by atoms with Gasteiger partial charge in [-0.05, 0) is 0 Å². The maximum Gasteiger partial charge on any atom is 0.291 e. The molecule has 0 saturated heterocycles. The fraction of sp³-hybridized carbons (Fsp3) is 0.667. The molecular formula is C9H16N4O. The van der Waals surface area contributed by atoms with Crippen LogP contribution >= 0.6 is 0 Å². The summed E-state index contributed by atoms with van der Waals surface area (Å²) < 4.78 is 1.52. The minimum Gasteiger partial charge on any atom is -0.314 e. The maximum absolute atomic E-state index is 11.5. The molecule has 5 nitrogen and oxygen atoms in total. The van der Waals surface area contributed by atoms with Gasteiger partial charge >= 0.3 is 0 Å². The second kappa shape index (κ2) is 3.40. The molecule has 1 heterocycles. The monoisotopic (exact) mass is 196 g/mol. The summed E-state index contributed by atoms with van der Waals surface area (Å²) in [6.45, 7) is 5.99. The van der Waals surface area contributed by atoms with Gasteiger partial charge < -0.3 is 5.01 Å². The highest BCUT2D eigenvalue weighted by molar-refractivity contribution is 5.04. The quantitative estimate of drug-likeness (QED) is 0.641. The van der Waals surface area contributed by atoms with Gasteiger partial charge in [-0.15, -0.1) is 5.10 Å². The molecule has 14 heavy (non-hydrogen) atoms. The summed E-state index contributed by atoms with van der Waals surface area (Å²) in [5, 5.41) is 9.39. The molecule has 0 amide bonds. The second-order valence-corrected chi connectivity index (χ2v) is 4.42. The summed E-state index contributed by atoms with van der Waals surface area (Å²) in [5.41, 5.74) is -0.354. The van der Waals surface area contributed by atoms with Crippen LogP contribution in [0.2, 0.25) is 0 Å². The van der Waals surface area contributed by atoms with E-state index in [9.17, 15) is 4.79 Å². The van der Waals surface area contributed by atoms with Crippen LogP contribution < -0.4 is 10.6 Å². The number of nitrogens with zero attached hydrogens (tertiary/aromatic N) is 4. The van der Waals surface area contributed by atoms with Gasteiger partial charge in [0, 0.05) is 19.5 Å². The fourth-order valence-electron chi connectivity index (χ4n) is 1.19. The predicted octanol–water partition coefficient (Wildman–Crippen LogP) is 0.133. The first-order valence-electron chi connectivity index (χ1n) is 4.47. The van der Waals surface area contributed by atoms with Crippen LogP contribution in [0.4, 0.5) is 0 Å². The second-order valence-electron chi connectivity index (χ2n) is 4.42. The molecule has 5 heteroatoms. The van der Waals surface area contributed by atoms with Gasteiger partial charge in [0.1, 0.15) is 6.20 Å². The van der Waals surface area contributed by atoms with Gasteiger partial charge in [0.05, 0.1) is 0 Å². The molecule has 0 aliphatic rings. The Morgan fingerprint density at radius 3 is 2.29 bits per heavy atom. The van der Waals surface area contributed by atoms with E-state index < -0.39 is 0 Å². The lowest BCUT2D eigenvalue weighted by molar-refractivity contribution is 0.469. The average molecular weight is 196 g/mol. The molecule has 0 saturated carbocycles. The van der Waals surface area contributed by atoms with E-state index in [1.165, 1.54) is 10.9 Å². The highest BCUT2D eigenvalue weighted by atomic mass is 16.1. The molecule has 0 radical (unpaired) electrons. The van der Waals surface area contributed by atoms with Gasteiger partial charge in [-0.1, -0.05) is 20.8 Å². The first kappa shape index (κ1) is 10.7. The van der Waals surface area contributed by atoms with E-state index in [1.54, 1.807) is 19.1 Å². The van der Waals surface area contributed by atoms with Crippen LogP contribution in [0.1, 0.15) is 26.6 Å². The van der Waals surface area contributed by atoms with Gasteiger partial charge in [0.15, 0.2) is 5.82 Å². The highest BCUT2D eigenvalue weighted by Gasteiger charge is 2.22. The molecular weight excluding hydrogens is 180 g/mol. The Morgan fingerprint density at radius 1 is 1.36 bits per heavy atom. The van der Waals surface area contributed by atoms with E-state index in [1.807, 2.05) is 20.8 Å². The number of rotatable bonds is 1. The Kier molecular flexibility index (Phi) is 2.59. The molecule has 1 aromatic heterocycles. The molecule has 0 fully saturated rings. The number of hydrogen-bond donors (Lipinski definition) is 0. The molecule has 0 spiro atoms. The molecule has 0 N–H and O–H groups in total. The molecule has 0 atom stereocenters. The van der Waals surface area contributed by atoms with Gasteiger partial charge in [-0.2, -0.15) is 5.10 Å². The Balaban J connectivity index is 3.44. The molecule has 0 aromatic carbocycles. The lowest BCUT2D eigenvalue weighted by atomic mass is 9.96. The summed E-state index contributed by atoms with van der Waals surface area (Å²) in [4.78, 5) is 11.5. The summed E-state index contributed by atoms with van der Waals surface area (Å²) in [6.07, 6.45) is 1.22. The van der Waals surface area contributed by atoms with Gasteiger partial charge in [-0.25, -0.2) is 4.68 Å². The molecule has 0 aliphatic heterocycles. The highest BCUT2D eigenvalue weighted by Crippen LogP contribution is 2.17. The average Bonchev–Trinajstić information content (AvgIpc) is 2.01. The van der Waals surface area contributed by atoms with Crippen molar-refractivity contribution in [2.75, 3.05) is 19.1 Å². The number of aromatic nitrogens is 3. The lowest BCUT2D eigenvalue weighted by Crippen LogP contribution is -2.42. The molecule has 0 aliphatic carbocycles. The van der Waals surface area contributed by atoms with E-state index >= 15 is 0 Å². The van der Waals surface area contributed by atoms with Crippen molar-refractivity contribution in [2.45, 2.75) is 26.2 Å². The smallest absolute Gasteiger partial charge is 0.291 e. The van der Waals surface area contributed by atoms with Crippen LogP contribution in [0.5, 0.6) is 0 Å². The van der Waals surface area contributed by atoms with Crippen molar-refractivity contribution in [3.05, 3.63) is 22.4 Å². The van der Waals surface area contributed by atoms with Gasteiger partial charge in [0.2, 0.25) is 0 Å². The first-order valence-corrected chi connectivity index (χ1v) is 4.47. The van der Waals surface area contributed by atoms with Crippen LogP contribution in [-0.2, 0) is 5.41 Å². The Morgan fingerprint density at radius 2 is 1.93 bits per heavy atom. The van der Waals surface area contributed by atoms with E-state index in [0.717, 1.165) is 0 Å². The molecule has 78 valence electrons. The third-order valence-corrected chi connectivity index (χ3v) is 1.80. The van der Waals surface area contributed by atoms with Crippen molar-refractivity contribution in [2.24, 2.45) is 0 Å². The summed E-state index contributed by atoms with van der Waals surface area (Å²) in [5.74, 6) is 0.662. The first-order chi connectivity index (χ1) is 6.34. The van der Waals surface area contributed by atoms with Gasteiger partial charge in [-0.3, -0.25) is 4.79 Å². The third kappa shape index (κ3) is 1.92. The minimum absolute atomic E-state index is 0.157. The van der Waals surface area contributed by atoms with E-state index in [2.05, 4.69) is 10.2 Å². The molecule has 0 unspecified atom stereocenters. The Hall–Kier alpha value is -1.39. The van der Waals surface area contributed by atoms with Crippen LogP contribution in [0, 0.1) is 0 Å². The Labute approximate surface area is 83.3 Å². The SMILES string of the molecule is CN(C)n1c(C(C)(C)C)nncc1=O. The van der Waals surface area contributed by atoms with Crippen LogP contribution in [-0.4, -0.2) is 29.0 Å². The normalized spacial score (nSPS) is 11.5. The molecule has 1 rings (SSSR count). The fourth-order valence-corrected chi connectivity index (χ4v) is 1.19. The summed E-state index contributed by atoms with van der Waals surface area (Å²) in [6, 6.07) is 0. The Bertz CT molecular complexity index is 375. The van der Waals surface area contributed by atoms with Crippen LogP contribution in [0.15, 0.2) is 11.0 Å². The summed E-state index contributed by atoms with van der Waals surface area (Å²) in [7, 11) is 3.61. The van der Waals surface area contributed by atoms with Gasteiger partial charge in [0.25, 0.3) is 5.56 Å². The molecule has 1 aromatic rings. The maximum atomic E-state index is 11.5. The zero-order chi connectivity index (χ0) is 10.9. The number of hydrogen-bond acceptors (Lipinski definition) is 4. The van der Waals surface area contributed by atoms with Crippen molar-refractivity contribution in [3.8, 4) is 0 Å². The van der Waals surface area contributed by atoms with Crippen LogP contribution in [0.3, 0.4) is 0 Å². The topological polar surface area (TPSA) is 51.0 Å². The standard InChI is InChI=1S/C9H16N4O/c1-9(2,3)8-11-10-6-7(14)13(8)12(4)5/h6H,1-5H3. The largest absolute Gasteiger partial charge is 0.314 e. The predicted molar refractivity (Wildman–Crippen MR) is 55.1 cm³/mol. The van der Waals surface area contributed by atoms with Crippen molar-refractivity contribution in [3.63, 3.8) is 0 Å². The van der Waals surface area contributed by atoms with Crippen molar-refractivity contribution < 1.29 is 0 Å².